The molecule has 51 heavy (non-hydrogen) atoms. The average molecular weight is 701 g/mol. The molecule has 0 atom stereocenters. The van der Waals surface area contributed by atoms with Gasteiger partial charge in [0.15, 0.2) is 5.78 Å². The Balaban J connectivity index is 0.00000131. The van der Waals surface area contributed by atoms with Crippen molar-refractivity contribution < 1.29 is 38.2 Å². The van der Waals surface area contributed by atoms with Crippen LogP contribution in [0, 0.1) is 10.2 Å². The summed E-state index contributed by atoms with van der Waals surface area (Å²) in [5.74, 6) is 0.676. The van der Waals surface area contributed by atoms with E-state index in [2.05, 4.69) is 41.4 Å². The molecule has 4 rings (SSSR count). The molecule has 260 valence electrons. The van der Waals surface area contributed by atoms with Crippen LogP contribution in [-0.4, -0.2) is 10.8 Å². The average Bonchev–Trinajstić information content (AvgIpc) is 3.12. The quantitative estimate of drug-likeness (QED) is 0.104. The fraction of sp³-hybridized carbons (Fsp3) is 0.0930. The molecule has 0 aliphatic rings. The topological polar surface area (TPSA) is 126 Å². The van der Waals surface area contributed by atoms with Crippen molar-refractivity contribution >= 4 is 30.1 Å². The number of rotatable bonds is 12. The molecule has 4 aromatic rings. The lowest BCUT2D eigenvalue weighted by atomic mass is 9.97. The second kappa shape index (κ2) is 20.9. The summed E-state index contributed by atoms with van der Waals surface area (Å²) in [5, 5.41) is 0. The van der Waals surface area contributed by atoms with Gasteiger partial charge in [0.2, 0.25) is 0 Å². The molecule has 0 aliphatic carbocycles. The Morgan fingerprint density at radius 2 is 1.08 bits per heavy atom. The third kappa shape index (κ3) is 13.4. The molecule has 2 aromatic carbocycles. The fourth-order valence-corrected chi connectivity index (χ4v) is 4.85. The zero-order chi connectivity index (χ0) is 37.1. The number of hydrogen-bond acceptors (Lipinski definition) is 6. The van der Waals surface area contributed by atoms with E-state index in [0.29, 0.717) is 11.1 Å². The molecule has 0 aliphatic heterocycles. The summed E-state index contributed by atoms with van der Waals surface area (Å²) in [6, 6.07) is 22.0. The Labute approximate surface area is 302 Å². The smallest absolute Gasteiger partial charge is 0.288 e. The highest BCUT2D eigenvalue weighted by Gasteiger charge is 2.20. The van der Waals surface area contributed by atoms with Crippen molar-refractivity contribution in [2.45, 2.75) is 27.7 Å². The highest BCUT2D eigenvalue weighted by atomic mass is 35.7. The predicted octanol–water partition coefficient (Wildman–Crippen LogP) is 5.86. The monoisotopic (exact) mass is 700 g/mol. The molecular weight excluding hydrogens is 660 g/mol. The minimum absolute atomic E-state index is 0.0552. The molecule has 2 aromatic heterocycles. The lowest BCUT2D eigenvalue weighted by molar-refractivity contribution is -2.00. The number of carbonyl (C=O) groups excluding carboxylic acids is 1. The van der Waals surface area contributed by atoms with E-state index >= 15 is 0 Å². The second-order valence-electron chi connectivity index (χ2n) is 10.8. The molecule has 0 amide bonds. The van der Waals surface area contributed by atoms with Crippen molar-refractivity contribution in [3.8, 4) is 17.1 Å². The minimum Gasteiger partial charge on any atom is -0.288 e. The van der Waals surface area contributed by atoms with Gasteiger partial charge in [0.1, 0.15) is 18.1 Å². The first kappa shape index (κ1) is 39.9. The van der Waals surface area contributed by atoms with Crippen molar-refractivity contribution in [2.75, 3.05) is 0 Å². The van der Waals surface area contributed by atoms with Crippen molar-refractivity contribution in [2.24, 2.45) is 0 Å². The molecular formula is C43H41ClN2O5. The van der Waals surface area contributed by atoms with Gasteiger partial charge < -0.3 is 0 Å². The van der Waals surface area contributed by atoms with Crippen molar-refractivity contribution in [1.29, 1.82) is 0 Å². The third-order valence-corrected chi connectivity index (χ3v) is 7.16. The number of allylic oxidation sites excluding steroid dienone is 12. The predicted molar refractivity (Wildman–Crippen MR) is 196 cm³/mol. The Morgan fingerprint density at radius 1 is 0.588 bits per heavy atom. The number of hydrogen-bond donors (Lipinski definition) is 0. The van der Waals surface area contributed by atoms with Gasteiger partial charge in [-0.25, -0.2) is 18.6 Å². The van der Waals surface area contributed by atoms with Gasteiger partial charge in [-0.3, -0.25) is 4.79 Å². The highest BCUT2D eigenvalue weighted by Crippen LogP contribution is 2.25. The number of benzene rings is 2. The van der Waals surface area contributed by atoms with Gasteiger partial charge >= 0.3 is 5.82 Å². The lowest BCUT2D eigenvalue weighted by Crippen LogP contribution is -2.68. The van der Waals surface area contributed by atoms with Crippen molar-refractivity contribution in [3.05, 3.63) is 185 Å². The maximum Gasteiger partial charge on any atom is 0.327 e. The lowest BCUT2D eigenvalue weighted by Gasteiger charge is -2.17. The molecule has 0 saturated heterocycles. The Hall–Kier alpha value is -5.54. The van der Waals surface area contributed by atoms with E-state index in [-0.39, 0.29) is 5.78 Å². The second-order valence-corrected chi connectivity index (χ2v) is 11.6. The Bertz CT molecular complexity index is 1990. The molecule has 0 bridgehead atoms. The fourth-order valence-electron chi connectivity index (χ4n) is 4.85. The van der Waals surface area contributed by atoms with Crippen LogP contribution in [0.4, 0.5) is 0 Å². The summed E-state index contributed by atoms with van der Waals surface area (Å²) in [5.41, 5.74) is 7.36. The summed E-state index contributed by atoms with van der Waals surface area (Å²) in [6.45, 7) is 7.98. The molecule has 0 saturated carbocycles. The third-order valence-electron chi connectivity index (χ3n) is 7.16. The van der Waals surface area contributed by atoms with Gasteiger partial charge in [-0.2, -0.15) is 4.57 Å². The van der Waals surface area contributed by atoms with Gasteiger partial charge in [0.25, 0.3) is 0 Å². The number of ketones is 1. The van der Waals surface area contributed by atoms with Crippen LogP contribution < -0.4 is 23.2 Å². The number of aromatic nitrogens is 2. The first-order chi connectivity index (χ1) is 24.6. The van der Waals surface area contributed by atoms with E-state index in [1.807, 2.05) is 166 Å². The number of nitrogens with zero attached hydrogens (tertiary/aromatic N) is 2. The SMILES string of the molecule is C/C=C/C=C/c1ccc(C(=O)c2ccc(-c3ccc(/C=C/C=C/C)c(/C=C/C=C/C)c3)[n+](-c3ccccn3)c2)cc1/C=C/C=C/C.[O-][Cl+3]([O-])([O-])[O-]. The van der Waals surface area contributed by atoms with Gasteiger partial charge in [-0.05, 0) is 85.3 Å². The molecule has 8 heteroatoms. The van der Waals surface area contributed by atoms with Crippen molar-refractivity contribution in [1.82, 2.24) is 4.98 Å². The van der Waals surface area contributed by atoms with Gasteiger partial charge in [-0.15, -0.1) is 10.2 Å². The van der Waals surface area contributed by atoms with Crippen LogP contribution in [0.1, 0.15) is 65.9 Å². The van der Waals surface area contributed by atoms with E-state index in [1.54, 1.807) is 6.20 Å². The van der Waals surface area contributed by atoms with E-state index < -0.39 is 10.2 Å². The summed E-state index contributed by atoms with van der Waals surface area (Å²) in [7, 11) is -4.94. The normalized spacial score (nSPS) is 12.5. The van der Waals surface area contributed by atoms with Gasteiger partial charge in [-0.1, -0.05) is 128 Å². The standard InChI is InChI=1S/C43H41N2O.ClHO4/c1-5-9-13-19-34-24-26-38(31-36(34)21-15-11-7-3)41-29-28-40(33-45(41)42-23-17-18-30-44-42)43(46)39-27-25-35(20-14-10-6-2)37(32-39)22-16-12-8-4;2-1(3,4)5/h5-33H,1-4H3;(H,2,3,4,5)/q+1;/p-1/b9-5+,10-6+,11-7+,12-8+,19-13+,20-14+,21-15+,22-16+;. The van der Waals surface area contributed by atoms with Crippen LogP contribution in [0.15, 0.2) is 152 Å². The van der Waals surface area contributed by atoms with Crippen LogP contribution in [-0.2, 0) is 0 Å². The first-order valence-corrected chi connectivity index (χ1v) is 17.4. The van der Waals surface area contributed by atoms with E-state index in [9.17, 15) is 4.79 Å². The summed E-state index contributed by atoms with van der Waals surface area (Å²) in [4.78, 5) is 18.6. The summed E-state index contributed by atoms with van der Waals surface area (Å²) >= 11 is 0. The van der Waals surface area contributed by atoms with Crippen LogP contribution in [0.5, 0.6) is 0 Å². The maximum absolute atomic E-state index is 14.0. The highest BCUT2D eigenvalue weighted by molar-refractivity contribution is 6.09. The molecule has 0 fully saturated rings. The van der Waals surface area contributed by atoms with E-state index in [4.69, 9.17) is 18.6 Å². The Kier molecular flexibility index (Phi) is 16.3. The van der Waals surface area contributed by atoms with Crippen LogP contribution in [0.3, 0.4) is 0 Å². The molecule has 7 nitrogen and oxygen atoms in total. The molecule has 0 radical (unpaired) electrons. The number of pyridine rings is 2. The maximum atomic E-state index is 14.0. The van der Waals surface area contributed by atoms with Crippen LogP contribution in [0.2, 0.25) is 0 Å². The van der Waals surface area contributed by atoms with E-state index in [1.165, 1.54) is 0 Å². The van der Waals surface area contributed by atoms with Crippen LogP contribution in [0.25, 0.3) is 41.4 Å². The van der Waals surface area contributed by atoms with Crippen LogP contribution >= 0.6 is 0 Å². The molecule has 0 spiro atoms. The zero-order valence-electron chi connectivity index (χ0n) is 29.1. The zero-order valence-corrected chi connectivity index (χ0v) is 29.8. The number of carbonyl (C=O) groups is 1. The molecule has 0 N–H and O–H groups in total. The summed E-state index contributed by atoms with van der Waals surface area (Å²) in [6.07, 6.45) is 36.1. The van der Waals surface area contributed by atoms with Crippen molar-refractivity contribution in [3.63, 3.8) is 0 Å². The summed E-state index contributed by atoms with van der Waals surface area (Å²) < 4.78 is 36.0. The minimum atomic E-state index is -4.94. The van der Waals surface area contributed by atoms with E-state index in [0.717, 1.165) is 39.3 Å². The first-order valence-electron chi connectivity index (χ1n) is 16.2. The molecule has 0 unspecified atom stereocenters. The van der Waals surface area contributed by atoms with Gasteiger partial charge in [0, 0.05) is 17.2 Å². The Morgan fingerprint density at radius 3 is 1.59 bits per heavy atom. The molecule has 2 heterocycles. The largest absolute Gasteiger partial charge is 0.327 e. The number of halogens is 1. The van der Waals surface area contributed by atoms with Gasteiger partial charge in [0.05, 0.1) is 5.56 Å².